The lowest BCUT2D eigenvalue weighted by atomic mass is 10.2. The lowest BCUT2D eigenvalue weighted by molar-refractivity contribution is -0.384. The number of benzene rings is 1. The molecule has 6 heteroatoms. The molecule has 1 aromatic heterocycles. The van der Waals surface area contributed by atoms with E-state index in [1.807, 2.05) is 0 Å². The number of aromatic nitrogens is 1. The number of hydrogen-bond donors (Lipinski definition) is 2. The Bertz CT molecular complexity index is 598. The van der Waals surface area contributed by atoms with Crippen LogP contribution in [0.15, 0.2) is 36.4 Å². The number of nitrogen functional groups attached to an aromatic ring is 1. The van der Waals surface area contributed by atoms with E-state index in [2.05, 4.69) is 10.3 Å². The summed E-state index contributed by atoms with van der Waals surface area (Å²) >= 11 is 0. The molecule has 92 valence electrons. The van der Waals surface area contributed by atoms with Gasteiger partial charge in [-0.25, -0.2) is 4.98 Å². The molecule has 18 heavy (non-hydrogen) atoms. The van der Waals surface area contributed by atoms with Crippen LogP contribution in [0.25, 0.3) is 0 Å². The minimum absolute atomic E-state index is 0.0666. The average molecular weight is 244 g/mol. The molecule has 0 saturated carbocycles. The van der Waals surface area contributed by atoms with Crippen LogP contribution in [0.3, 0.4) is 0 Å². The summed E-state index contributed by atoms with van der Waals surface area (Å²) in [7, 11) is 0. The van der Waals surface area contributed by atoms with Gasteiger partial charge in [-0.2, -0.15) is 0 Å². The van der Waals surface area contributed by atoms with Gasteiger partial charge in [-0.05, 0) is 31.2 Å². The Kier molecular flexibility index (Phi) is 3.09. The van der Waals surface area contributed by atoms with E-state index in [0.717, 1.165) is 0 Å². The van der Waals surface area contributed by atoms with Crippen LogP contribution in [0.5, 0.6) is 0 Å². The number of hydrogen-bond acceptors (Lipinski definition) is 5. The fourth-order valence-corrected chi connectivity index (χ4v) is 1.54. The predicted octanol–water partition coefficient (Wildman–Crippen LogP) is 2.62. The molecule has 2 rings (SSSR count). The SMILES string of the molecule is Cc1ccc([N+](=O)[O-])c(Nc2cccc(N)c2)n1. The Labute approximate surface area is 104 Å². The summed E-state index contributed by atoms with van der Waals surface area (Å²) in [5, 5.41) is 13.8. The van der Waals surface area contributed by atoms with E-state index in [1.165, 1.54) is 6.07 Å². The molecular weight excluding hydrogens is 232 g/mol. The van der Waals surface area contributed by atoms with Gasteiger partial charge in [0.2, 0.25) is 5.82 Å². The van der Waals surface area contributed by atoms with Gasteiger partial charge in [-0.15, -0.1) is 0 Å². The standard InChI is InChI=1S/C12H12N4O2/c1-8-5-6-11(16(17)18)12(14-8)15-10-4-2-3-9(13)7-10/h2-7H,13H2,1H3,(H,14,15). The molecule has 0 spiro atoms. The fourth-order valence-electron chi connectivity index (χ4n) is 1.54. The molecule has 0 atom stereocenters. The van der Waals surface area contributed by atoms with E-state index in [-0.39, 0.29) is 11.5 Å². The van der Waals surface area contributed by atoms with Crippen molar-refractivity contribution in [2.45, 2.75) is 6.92 Å². The maximum atomic E-state index is 10.9. The van der Waals surface area contributed by atoms with Crippen molar-refractivity contribution < 1.29 is 4.92 Å². The number of pyridine rings is 1. The van der Waals surface area contributed by atoms with Crippen LogP contribution in [0.4, 0.5) is 22.9 Å². The highest BCUT2D eigenvalue weighted by Gasteiger charge is 2.15. The summed E-state index contributed by atoms with van der Waals surface area (Å²) in [6, 6.07) is 9.99. The third-order valence-corrected chi connectivity index (χ3v) is 2.36. The molecule has 1 heterocycles. The quantitative estimate of drug-likeness (QED) is 0.491. The minimum Gasteiger partial charge on any atom is -0.399 e. The Balaban J connectivity index is 2.39. The number of anilines is 3. The zero-order chi connectivity index (χ0) is 13.1. The van der Waals surface area contributed by atoms with Gasteiger partial charge in [0.1, 0.15) is 0 Å². The van der Waals surface area contributed by atoms with Gasteiger partial charge in [0.15, 0.2) is 0 Å². The molecule has 0 aliphatic carbocycles. The van der Waals surface area contributed by atoms with E-state index in [0.29, 0.717) is 17.1 Å². The highest BCUT2D eigenvalue weighted by atomic mass is 16.6. The number of nitro groups is 1. The molecule has 0 radical (unpaired) electrons. The van der Waals surface area contributed by atoms with Crippen molar-refractivity contribution in [1.82, 2.24) is 4.98 Å². The van der Waals surface area contributed by atoms with E-state index >= 15 is 0 Å². The summed E-state index contributed by atoms with van der Waals surface area (Å²) < 4.78 is 0. The smallest absolute Gasteiger partial charge is 0.311 e. The topological polar surface area (TPSA) is 94.1 Å². The lowest BCUT2D eigenvalue weighted by Crippen LogP contribution is -2.01. The third-order valence-electron chi connectivity index (χ3n) is 2.36. The molecule has 0 amide bonds. The molecule has 1 aromatic carbocycles. The van der Waals surface area contributed by atoms with Crippen LogP contribution in [0, 0.1) is 17.0 Å². The monoisotopic (exact) mass is 244 g/mol. The molecule has 0 bridgehead atoms. The molecule has 6 nitrogen and oxygen atoms in total. The van der Waals surface area contributed by atoms with Crippen molar-refractivity contribution in [3.05, 3.63) is 52.2 Å². The van der Waals surface area contributed by atoms with E-state index in [4.69, 9.17) is 5.73 Å². The van der Waals surface area contributed by atoms with Gasteiger partial charge in [0.25, 0.3) is 0 Å². The van der Waals surface area contributed by atoms with Crippen molar-refractivity contribution in [1.29, 1.82) is 0 Å². The van der Waals surface area contributed by atoms with Gasteiger partial charge in [-0.1, -0.05) is 6.07 Å². The zero-order valence-electron chi connectivity index (χ0n) is 9.75. The summed E-state index contributed by atoms with van der Waals surface area (Å²) in [5.74, 6) is 0.214. The maximum Gasteiger partial charge on any atom is 0.311 e. The minimum atomic E-state index is -0.471. The average Bonchev–Trinajstić information content (AvgIpc) is 2.28. The number of rotatable bonds is 3. The molecule has 2 aromatic rings. The van der Waals surface area contributed by atoms with Crippen LogP contribution in [-0.4, -0.2) is 9.91 Å². The number of nitrogens with zero attached hydrogens (tertiary/aromatic N) is 2. The first-order valence-electron chi connectivity index (χ1n) is 5.31. The van der Waals surface area contributed by atoms with Crippen molar-refractivity contribution in [2.24, 2.45) is 0 Å². The van der Waals surface area contributed by atoms with Crippen LogP contribution >= 0.6 is 0 Å². The Hall–Kier alpha value is -2.63. The van der Waals surface area contributed by atoms with E-state index in [1.54, 1.807) is 37.3 Å². The summed E-state index contributed by atoms with van der Waals surface area (Å²) in [6.07, 6.45) is 0. The summed E-state index contributed by atoms with van der Waals surface area (Å²) in [4.78, 5) is 14.5. The summed E-state index contributed by atoms with van der Waals surface area (Å²) in [6.45, 7) is 1.77. The van der Waals surface area contributed by atoms with Gasteiger partial charge in [-0.3, -0.25) is 10.1 Å². The molecule has 0 fully saturated rings. The third kappa shape index (κ3) is 2.54. The zero-order valence-corrected chi connectivity index (χ0v) is 9.75. The Morgan fingerprint density at radius 3 is 2.78 bits per heavy atom. The Morgan fingerprint density at radius 2 is 2.11 bits per heavy atom. The first-order valence-corrected chi connectivity index (χ1v) is 5.31. The van der Waals surface area contributed by atoms with E-state index < -0.39 is 4.92 Å². The number of nitrogens with one attached hydrogen (secondary N) is 1. The highest BCUT2D eigenvalue weighted by molar-refractivity contribution is 5.67. The highest BCUT2D eigenvalue weighted by Crippen LogP contribution is 2.26. The van der Waals surface area contributed by atoms with Crippen LogP contribution in [-0.2, 0) is 0 Å². The van der Waals surface area contributed by atoms with Crippen LogP contribution < -0.4 is 11.1 Å². The summed E-state index contributed by atoms with van der Waals surface area (Å²) in [5.41, 5.74) is 7.52. The van der Waals surface area contributed by atoms with Gasteiger partial charge in [0, 0.05) is 23.1 Å². The molecule has 0 saturated heterocycles. The first kappa shape index (κ1) is 11.8. The predicted molar refractivity (Wildman–Crippen MR) is 69.8 cm³/mol. The number of aryl methyl sites for hydroxylation is 1. The van der Waals surface area contributed by atoms with Crippen molar-refractivity contribution in [3.63, 3.8) is 0 Å². The second-order valence-corrected chi connectivity index (χ2v) is 3.83. The lowest BCUT2D eigenvalue weighted by Gasteiger charge is -2.07. The van der Waals surface area contributed by atoms with Gasteiger partial charge in [0.05, 0.1) is 4.92 Å². The van der Waals surface area contributed by atoms with E-state index in [9.17, 15) is 10.1 Å². The van der Waals surface area contributed by atoms with Crippen LogP contribution in [0.1, 0.15) is 5.69 Å². The molecule has 0 aliphatic heterocycles. The molecular formula is C12H12N4O2. The maximum absolute atomic E-state index is 10.9. The second-order valence-electron chi connectivity index (χ2n) is 3.83. The normalized spacial score (nSPS) is 10.1. The van der Waals surface area contributed by atoms with Crippen molar-refractivity contribution in [3.8, 4) is 0 Å². The fraction of sp³-hybridized carbons (Fsp3) is 0.0833. The van der Waals surface area contributed by atoms with Crippen molar-refractivity contribution in [2.75, 3.05) is 11.1 Å². The van der Waals surface area contributed by atoms with Gasteiger partial charge >= 0.3 is 5.69 Å². The molecule has 0 aliphatic rings. The largest absolute Gasteiger partial charge is 0.399 e. The van der Waals surface area contributed by atoms with Crippen LogP contribution in [0.2, 0.25) is 0 Å². The first-order chi connectivity index (χ1) is 8.56. The Morgan fingerprint density at radius 1 is 1.33 bits per heavy atom. The molecule has 3 N–H and O–H groups in total. The van der Waals surface area contributed by atoms with Gasteiger partial charge < -0.3 is 11.1 Å². The molecule has 0 unspecified atom stereocenters. The van der Waals surface area contributed by atoms with Crippen molar-refractivity contribution >= 4 is 22.9 Å². The second kappa shape index (κ2) is 4.70. The number of nitrogens with two attached hydrogens (primary N) is 1.